The van der Waals surface area contributed by atoms with E-state index in [1.165, 1.54) is 0 Å². The second-order valence-electron chi connectivity index (χ2n) is 3.66. The predicted molar refractivity (Wildman–Crippen MR) is 54.7 cm³/mol. The summed E-state index contributed by atoms with van der Waals surface area (Å²) in [5.74, 6) is 0.769. The zero-order valence-electron chi connectivity index (χ0n) is 8.72. The zero-order valence-corrected chi connectivity index (χ0v) is 8.72. The molecule has 2 atom stereocenters. The first-order valence-corrected chi connectivity index (χ1v) is 5.07. The van der Waals surface area contributed by atoms with Crippen LogP contribution in [-0.2, 0) is 4.74 Å². The molecule has 0 amide bonds. The van der Waals surface area contributed by atoms with Gasteiger partial charge in [0.05, 0.1) is 13.7 Å². The minimum Gasteiger partial charge on any atom is -0.495 e. The molecule has 2 rings (SSSR count). The third-order valence-electron chi connectivity index (χ3n) is 2.71. The molecule has 1 aromatic rings. The Hall–Kier alpha value is -1.13. The standard InChI is InChI=1S/C11H15NO3/c1-14-9-3-2-5-12-10(9)11(13)8-4-6-15-7-8/h2-3,5,8,11,13H,4,6-7H2,1H3. The van der Waals surface area contributed by atoms with Gasteiger partial charge in [0.2, 0.25) is 0 Å². The van der Waals surface area contributed by atoms with Crippen molar-refractivity contribution in [1.29, 1.82) is 0 Å². The summed E-state index contributed by atoms with van der Waals surface area (Å²) in [5, 5.41) is 10.1. The lowest BCUT2D eigenvalue weighted by Crippen LogP contribution is -2.14. The number of nitrogens with zero attached hydrogens (tertiary/aromatic N) is 1. The van der Waals surface area contributed by atoms with Gasteiger partial charge in [0.15, 0.2) is 0 Å². The molecular weight excluding hydrogens is 194 g/mol. The van der Waals surface area contributed by atoms with Crippen LogP contribution >= 0.6 is 0 Å². The third-order valence-corrected chi connectivity index (χ3v) is 2.71. The number of pyridine rings is 1. The van der Waals surface area contributed by atoms with Crippen molar-refractivity contribution in [2.75, 3.05) is 20.3 Å². The highest BCUT2D eigenvalue weighted by Crippen LogP contribution is 2.32. The normalized spacial score (nSPS) is 22.7. The summed E-state index contributed by atoms with van der Waals surface area (Å²) < 4.78 is 10.4. The largest absolute Gasteiger partial charge is 0.495 e. The van der Waals surface area contributed by atoms with Crippen LogP contribution in [0, 0.1) is 5.92 Å². The maximum absolute atomic E-state index is 10.1. The number of aliphatic hydroxyl groups excluding tert-OH is 1. The summed E-state index contributed by atoms with van der Waals surface area (Å²) in [6.07, 6.45) is 1.95. The van der Waals surface area contributed by atoms with Gasteiger partial charge in [-0.1, -0.05) is 0 Å². The van der Waals surface area contributed by atoms with Crippen molar-refractivity contribution in [3.63, 3.8) is 0 Å². The first-order valence-electron chi connectivity index (χ1n) is 5.07. The Kier molecular flexibility index (Phi) is 3.18. The molecule has 2 unspecified atom stereocenters. The molecule has 1 fully saturated rings. The van der Waals surface area contributed by atoms with Gasteiger partial charge in [-0.25, -0.2) is 0 Å². The summed E-state index contributed by atoms with van der Waals surface area (Å²) in [7, 11) is 1.58. The molecule has 1 saturated heterocycles. The fourth-order valence-electron chi connectivity index (χ4n) is 1.82. The van der Waals surface area contributed by atoms with Gasteiger partial charge in [-0.2, -0.15) is 0 Å². The predicted octanol–water partition coefficient (Wildman–Crippen LogP) is 1.16. The molecule has 2 heterocycles. The fourth-order valence-corrected chi connectivity index (χ4v) is 1.82. The van der Waals surface area contributed by atoms with Crippen LogP contribution in [0.4, 0.5) is 0 Å². The number of aromatic nitrogens is 1. The fraction of sp³-hybridized carbons (Fsp3) is 0.545. The SMILES string of the molecule is COc1cccnc1C(O)C1CCOC1. The van der Waals surface area contributed by atoms with Gasteiger partial charge in [0.1, 0.15) is 17.5 Å². The van der Waals surface area contributed by atoms with Crippen molar-refractivity contribution in [2.24, 2.45) is 5.92 Å². The van der Waals surface area contributed by atoms with Crippen LogP contribution in [0.25, 0.3) is 0 Å². The molecule has 1 aliphatic rings. The molecule has 1 aromatic heterocycles. The summed E-state index contributed by atoms with van der Waals surface area (Å²) in [6.45, 7) is 1.32. The smallest absolute Gasteiger partial charge is 0.143 e. The summed E-state index contributed by atoms with van der Waals surface area (Å²) in [6, 6.07) is 3.60. The van der Waals surface area contributed by atoms with Crippen LogP contribution in [0.15, 0.2) is 18.3 Å². The second kappa shape index (κ2) is 4.59. The van der Waals surface area contributed by atoms with E-state index >= 15 is 0 Å². The zero-order chi connectivity index (χ0) is 10.7. The lowest BCUT2D eigenvalue weighted by Gasteiger charge is -2.17. The monoisotopic (exact) mass is 209 g/mol. The third kappa shape index (κ3) is 2.11. The van der Waals surface area contributed by atoms with Crippen molar-refractivity contribution in [3.8, 4) is 5.75 Å². The Balaban J connectivity index is 2.19. The molecule has 82 valence electrons. The Labute approximate surface area is 88.9 Å². The molecule has 4 nitrogen and oxygen atoms in total. The van der Waals surface area contributed by atoms with E-state index in [2.05, 4.69) is 4.98 Å². The van der Waals surface area contributed by atoms with Gasteiger partial charge in [-0.3, -0.25) is 4.98 Å². The van der Waals surface area contributed by atoms with Crippen molar-refractivity contribution in [3.05, 3.63) is 24.0 Å². The lowest BCUT2D eigenvalue weighted by atomic mass is 9.98. The number of methoxy groups -OCH3 is 1. The van der Waals surface area contributed by atoms with E-state index in [4.69, 9.17) is 9.47 Å². The molecule has 0 aliphatic carbocycles. The van der Waals surface area contributed by atoms with Crippen LogP contribution < -0.4 is 4.74 Å². The molecule has 0 bridgehead atoms. The second-order valence-corrected chi connectivity index (χ2v) is 3.66. The van der Waals surface area contributed by atoms with Crippen LogP contribution in [-0.4, -0.2) is 30.4 Å². The average Bonchev–Trinajstić information content (AvgIpc) is 2.81. The summed E-state index contributed by atoms with van der Waals surface area (Å²) in [4.78, 5) is 4.16. The lowest BCUT2D eigenvalue weighted by molar-refractivity contribution is 0.0862. The van der Waals surface area contributed by atoms with E-state index in [1.54, 1.807) is 25.4 Å². The van der Waals surface area contributed by atoms with E-state index in [0.717, 1.165) is 13.0 Å². The molecule has 0 spiro atoms. The quantitative estimate of drug-likeness (QED) is 0.811. The number of rotatable bonds is 3. The molecule has 1 N–H and O–H groups in total. The topological polar surface area (TPSA) is 51.6 Å². The van der Waals surface area contributed by atoms with Crippen LogP contribution in [0.5, 0.6) is 5.75 Å². The molecule has 15 heavy (non-hydrogen) atoms. The Morgan fingerprint density at radius 2 is 2.53 bits per heavy atom. The van der Waals surface area contributed by atoms with E-state index in [1.807, 2.05) is 0 Å². The number of hydrogen-bond donors (Lipinski definition) is 1. The number of aliphatic hydroxyl groups is 1. The maximum Gasteiger partial charge on any atom is 0.143 e. The summed E-state index contributed by atoms with van der Waals surface area (Å²) >= 11 is 0. The van der Waals surface area contributed by atoms with E-state index in [-0.39, 0.29) is 5.92 Å². The summed E-state index contributed by atoms with van der Waals surface area (Å²) in [5.41, 5.74) is 0.607. The highest BCUT2D eigenvalue weighted by Gasteiger charge is 2.28. The van der Waals surface area contributed by atoms with Crippen molar-refractivity contribution in [1.82, 2.24) is 4.98 Å². The van der Waals surface area contributed by atoms with Gasteiger partial charge < -0.3 is 14.6 Å². The van der Waals surface area contributed by atoms with Gasteiger partial charge in [0.25, 0.3) is 0 Å². The van der Waals surface area contributed by atoms with Gasteiger partial charge in [-0.15, -0.1) is 0 Å². The highest BCUT2D eigenvalue weighted by atomic mass is 16.5. The van der Waals surface area contributed by atoms with Crippen LogP contribution in [0.3, 0.4) is 0 Å². The van der Waals surface area contributed by atoms with Crippen molar-refractivity contribution >= 4 is 0 Å². The molecular formula is C11H15NO3. The van der Waals surface area contributed by atoms with Crippen LogP contribution in [0.1, 0.15) is 18.2 Å². The van der Waals surface area contributed by atoms with Gasteiger partial charge in [0, 0.05) is 18.7 Å². The Morgan fingerprint density at radius 3 is 3.20 bits per heavy atom. The molecule has 0 radical (unpaired) electrons. The van der Waals surface area contributed by atoms with E-state index < -0.39 is 6.10 Å². The average molecular weight is 209 g/mol. The van der Waals surface area contributed by atoms with E-state index in [0.29, 0.717) is 18.1 Å². The van der Waals surface area contributed by atoms with Crippen molar-refractivity contribution < 1.29 is 14.6 Å². The van der Waals surface area contributed by atoms with Gasteiger partial charge >= 0.3 is 0 Å². The van der Waals surface area contributed by atoms with E-state index in [9.17, 15) is 5.11 Å². The molecule has 4 heteroatoms. The Morgan fingerprint density at radius 1 is 1.67 bits per heavy atom. The molecule has 0 aromatic carbocycles. The minimum atomic E-state index is -0.594. The van der Waals surface area contributed by atoms with Gasteiger partial charge in [-0.05, 0) is 18.6 Å². The minimum absolute atomic E-state index is 0.133. The first-order chi connectivity index (χ1) is 7.33. The highest BCUT2D eigenvalue weighted by molar-refractivity contribution is 5.29. The molecule has 0 saturated carbocycles. The van der Waals surface area contributed by atoms with Crippen LogP contribution in [0.2, 0.25) is 0 Å². The first kappa shape index (κ1) is 10.4. The number of hydrogen-bond acceptors (Lipinski definition) is 4. The van der Waals surface area contributed by atoms with Crippen molar-refractivity contribution in [2.45, 2.75) is 12.5 Å². The number of ether oxygens (including phenoxy) is 2. The maximum atomic E-state index is 10.1. The Bertz CT molecular complexity index is 323. The molecule has 1 aliphatic heterocycles.